The van der Waals surface area contributed by atoms with Gasteiger partial charge in [0.05, 0.1) is 0 Å². The first-order chi connectivity index (χ1) is 9.08. The van der Waals surface area contributed by atoms with E-state index in [4.69, 9.17) is 0 Å². The van der Waals surface area contributed by atoms with E-state index >= 15 is 0 Å². The second-order valence-corrected chi connectivity index (χ2v) is 5.79. The molecule has 126 valence electrons. The molecule has 0 aromatic carbocycles. The van der Waals surface area contributed by atoms with Crippen LogP contribution in [0.1, 0.15) is 41.0 Å². The second kappa shape index (κ2) is 5.92. The van der Waals surface area contributed by atoms with Crippen molar-refractivity contribution >= 4 is 6.09 Å². The number of amides is 1. The fraction of sp³-hybridized carbons (Fsp3) is 0.917. The molecule has 3 nitrogen and oxygen atoms in total. The van der Waals surface area contributed by atoms with Gasteiger partial charge in [-0.1, -0.05) is 27.7 Å². The Hall–Kier alpha value is -1.15. The van der Waals surface area contributed by atoms with E-state index in [1.165, 1.54) is 6.92 Å². The summed E-state index contributed by atoms with van der Waals surface area (Å²) >= 11 is 0. The third-order valence-electron chi connectivity index (χ3n) is 3.32. The van der Waals surface area contributed by atoms with Gasteiger partial charge in [-0.05, 0) is 18.8 Å². The third-order valence-corrected chi connectivity index (χ3v) is 3.32. The number of rotatable bonds is 3. The Kier molecular flexibility index (Phi) is 5.60. The van der Waals surface area contributed by atoms with E-state index in [2.05, 4.69) is 4.74 Å². The van der Waals surface area contributed by atoms with Crippen LogP contribution in [0.4, 0.5) is 31.1 Å². The fourth-order valence-electron chi connectivity index (χ4n) is 1.33. The first kappa shape index (κ1) is 19.9. The highest BCUT2D eigenvalue weighted by Crippen LogP contribution is 2.45. The Bertz CT molecular complexity index is 355. The van der Waals surface area contributed by atoms with Crippen molar-refractivity contribution in [3.05, 3.63) is 0 Å². The number of halogens is 6. The largest absolute Gasteiger partial charge is 0.446 e. The lowest BCUT2D eigenvalue weighted by Gasteiger charge is -2.37. The van der Waals surface area contributed by atoms with Crippen molar-refractivity contribution in [1.29, 1.82) is 0 Å². The molecule has 0 saturated carbocycles. The summed E-state index contributed by atoms with van der Waals surface area (Å²) in [5, 5.41) is 0.952. The maximum Gasteiger partial charge on any atom is 0.420 e. The molecule has 0 saturated heterocycles. The predicted molar refractivity (Wildman–Crippen MR) is 63.7 cm³/mol. The SMILES string of the molecule is CCC(NC(=O)O[C@@H](C)C(C)(C)C)(C(F)(F)F)C(F)(F)F. The van der Waals surface area contributed by atoms with Gasteiger partial charge in [-0.2, -0.15) is 26.3 Å². The van der Waals surface area contributed by atoms with Crippen molar-refractivity contribution in [3.8, 4) is 0 Å². The molecular formula is C12H19F6NO2. The zero-order valence-corrected chi connectivity index (χ0v) is 12.4. The van der Waals surface area contributed by atoms with E-state index in [-0.39, 0.29) is 0 Å². The van der Waals surface area contributed by atoms with E-state index in [9.17, 15) is 31.1 Å². The second-order valence-electron chi connectivity index (χ2n) is 5.79. The number of nitrogens with one attached hydrogen (secondary N) is 1. The highest BCUT2D eigenvalue weighted by molar-refractivity contribution is 5.69. The van der Waals surface area contributed by atoms with Crippen LogP contribution in [0.3, 0.4) is 0 Å². The topological polar surface area (TPSA) is 38.3 Å². The summed E-state index contributed by atoms with van der Waals surface area (Å²) < 4.78 is 81.5. The van der Waals surface area contributed by atoms with E-state index in [0.29, 0.717) is 6.92 Å². The number of alkyl halides is 6. The molecule has 0 aliphatic heterocycles. The van der Waals surface area contributed by atoms with Crippen LogP contribution in [0.15, 0.2) is 0 Å². The molecule has 1 atom stereocenters. The van der Waals surface area contributed by atoms with Gasteiger partial charge in [0, 0.05) is 0 Å². The van der Waals surface area contributed by atoms with Crippen LogP contribution in [-0.4, -0.2) is 30.1 Å². The van der Waals surface area contributed by atoms with Crippen LogP contribution >= 0.6 is 0 Å². The number of ether oxygens (including phenoxy) is 1. The highest BCUT2D eigenvalue weighted by atomic mass is 19.4. The minimum atomic E-state index is -5.69. The summed E-state index contributed by atoms with van der Waals surface area (Å²) in [5.41, 5.74) is -4.95. The molecule has 9 heteroatoms. The van der Waals surface area contributed by atoms with E-state index < -0.39 is 41.9 Å². The summed E-state index contributed by atoms with van der Waals surface area (Å²) in [4.78, 5) is 11.4. The number of alkyl carbamates (subject to hydrolysis) is 1. The lowest BCUT2D eigenvalue weighted by molar-refractivity contribution is -0.305. The number of carbonyl (C=O) groups excluding carboxylic acids is 1. The van der Waals surface area contributed by atoms with Crippen LogP contribution < -0.4 is 5.32 Å². The molecule has 1 amide bonds. The lowest BCUT2D eigenvalue weighted by atomic mass is 9.90. The van der Waals surface area contributed by atoms with Crippen LogP contribution in [0.25, 0.3) is 0 Å². The lowest BCUT2D eigenvalue weighted by Crippen LogP contribution is -2.67. The molecule has 0 aliphatic rings. The standard InChI is InChI=1S/C12H19F6NO2/c1-6-10(11(13,14)15,12(16,17)18)19-8(20)21-7(2)9(3,4)5/h7H,6H2,1-5H3,(H,19,20)/t7-/m0/s1. The van der Waals surface area contributed by atoms with Crippen LogP contribution in [-0.2, 0) is 4.74 Å². The molecular weight excluding hydrogens is 304 g/mol. The molecule has 0 aliphatic carbocycles. The molecule has 0 bridgehead atoms. The molecule has 0 heterocycles. The summed E-state index contributed by atoms with van der Waals surface area (Å²) in [7, 11) is 0. The van der Waals surface area contributed by atoms with E-state index in [1.54, 1.807) is 20.8 Å². The first-order valence-electron chi connectivity index (χ1n) is 6.20. The zero-order valence-electron chi connectivity index (χ0n) is 12.4. The summed E-state index contributed by atoms with van der Waals surface area (Å²) in [6.07, 6.45) is -15.4. The summed E-state index contributed by atoms with van der Waals surface area (Å²) in [6.45, 7) is 6.96. The van der Waals surface area contributed by atoms with Crippen molar-refractivity contribution in [3.63, 3.8) is 0 Å². The number of hydrogen-bond donors (Lipinski definition) is 1. The molecule has 0 spiro atoms. The average molecular weight is 323 g/mol. The Balaban J connectivity index is 5.32. The highest BCUT2D eigenvalue weighted by Gasteiger charge is 2.71. The summed E-state index contributed by atoms with van der Waals surface area (Å²) in [6, 6.07) is 0. The first-order valence-corrected chi connectivity index (χ1v) is 6.20. The number of hydrogen-bond acceptors (Lipinski definition) is 2. The molecule has 0 rings (SSSR count). The predicted octanol–water partition coefficient (Wildman–Crippen LogP) is 4.42. The van der Waals surface area contributed by atoms with Crippen molar-refractivity contribution in [2.24, 2.45) is 5.41 Å². The maximum absolute atomic E-state index is 12.8. The fourth-order valence-corrected chi connectivity index (χ4v) is 1.33. The Morgan fingerprint density at radius 3 is 1.67 bits per heavy atom. The van der Waals surface area contributed by atoms with E-state index in [0.717, 1.165) is 5.32 Å². The zero-order chi connectivity index (χ0) is 17.3. The Morgan fingerprint density at radius 2 is 1.43 bits per heavy atom. The average Bonchev–Trinajstić information content (AvgIpc) is 2.20. The number of carbonyl (C=O) groups is 1. The molecule has 0 aromatic rings. The summed E-state index contributed by atoms with van der Waals surface area (Å²) in [5.74, 6) is 0. The monoisotopic (exact) mass is 323 g/mol. The van der Waals surface area contributed by atoms with E-state index in [1.807, 2.05) is 0 Å². The minimum absolute atomic E-state index is 0.622. The molecule has 0 aromatic heterocycles. The normalized spacial score (nSPS) is 15.6. The van der Waals surface area contributed by atoms with Crippen LogP contribution in [0.2, 0.25) is 0 Å². The van der Waals surface area contributed by atoms with Crippen molar-refractivity contribution in [2.45, 2.75) is 65.0 Å². The third kappa shape index (κ3) is 4.41. The van der Waals surface area contributed by atoms with Gasteiger partial charge in [0.15, 0.2) is 0 Å². The Labute approximate surface area is 119 Å². The van der Waals surface area contributed by atoms with Crippen molar-refractivity contribution in [2.75, 3.05) is 0 Å². The van der Waals surface area contributed by atoms with Gasteiger partial charge in [-0.25, -0.2) is 4.79 Å². The molecule has 0 unspecified atom stereocenters. The van der Waals surface area contributed by atoms with Gasteiger partial charge in [0.1, 0.15) is 6.10 Å². The Morgan fingerprint density at radius 1 is 1.05 bits per heavy atom. The van der Waals surface area contributed by atoms with Gasteiger partial charge in [-0.3, -0.25) is 5.32 Å². The van der Waals surface area contributed by atoms with Gasteiger partial charge in [-0.15, -0.1) is 0 Å². The van der Waals surface area contributed by atoms with Gasteiger partial charge < -0.3 is 4.74 Å². The molecule has 0 fully saturated rings. The maximum atomic E-state index is 12.8. The van der Waals surface area contributed by atoms with Gasteiger partial charge in [0.2, 0.25) is 5.54 Å². The van der Waals surface area contributed by atoms with Gasteiger partial charge >= 0.3 is 18.4 Å². The van der Waals surface area contributed by atoms with Crippen molar-refractivity contribution in [1.82, 2.24) is 5.32 Å². The van der Waals surface area contributed by atoms with Gasteiger partial charge in [0.25, 0.3) is 0 Å². The smallest absolute Gasteiger partial charge is 0.420 e. The minimum Gasteiger partial charge on any atom is -0.446 e. The molecule has 0 radical (unpaired) electrons. The van der Waals surface area contributed by atoms with Crippen molar-refractivity contribution < 1.29 is 35.9 Å². The quantitative estimate of drug-likeness (QED) is 0.781. The van der Waals surface area contributed by atoms with Crippen LogP contribution in [0.5, 0.6) is 0 Å². The molecule has 21 heavy (non-hydrogen) atoms. The van der Waals surface area contributed by atoms with Crippen LogP contribution in [0, 0.1) is 5.41 Å². The molecule has 1 N–H and O–H groups in total.